The van der Waals surface area contributed by atoms with Crippen molar-refractivity contribution in [3.8, 4) is 0 Å². The largest absolute Gasteiger partial charge is 0.450 e. The summed E-state index contributed by atoms with van der Waals surface area (Å²) in [7, 11) is 0. The molecule has 0 aromatic heterocycles. The fraction of sp³-hybridized carbons (Fsp3) is 0.933. The zero-order valence-corrected chi connectivity index (χ0v) is 13.4. The quantitative estimate of drug-likeness (QED) is 0.729. The molecule has 0 radical (unpaired) electrons. The van der Waals surface area contributed by atoms with E-state index in [0.717, 1.165) is 32.5 Å². The van der Waals surface area contributed by atoms with E-state index in [1.807, 2.05) is 0 Å². The van der Waals surface area contributed by atoms with Crippen molar-refractivity contribution < 1.29 is 24.1 Å². The summed E-state index contributed by atoms with van der Waals surface area (Å²) in [6.07, 6.45) is 1.59. The topological polar surface area (TPSA) is 71.5 Å². The van der Waals surface area contributed by atoms with Crippen molar-refractivity contribution in [2.75, 3.05) is 59.2 Å². The van der Waals surface area contributed by atoms with Gasteiger partial charge in [-0.15, -0.1) is 0 Å². The minimum Gasteiger partial charge on any atom is -0.450 e. The second kappa shape index (κ2) is 9.29. The number of β-amino-alcohol motifs (C(OH)–C–C–N with tert-alkyl or cyclic N) is 1. The molecule has 1 amide bonds. The third kappa shape index (κ3) is 5.72. The average molecular weight is 316 g/mol. The first-order valence-corrected chi connectivity index (χ1v) is 8.20. The highest BCUT2D eigenvalue weighted by atomic mass is 16.6. The Morgan fingerprint density at radius 3 is 2.77 bits per heavy atom. The molecule has 22 heavy (non-hydrogen) atoms. The smallest absolute Gasteiger partial charge is 0.409 e. The SMILES string of the molecule is CCOC(=O)N1CCN(C[C@@H](O)COC[C@@H]2CCCO2)CC1. The zero-order chi connectivity index (χ0) is 15.8. The molecule has 128 valence electrons. The van der Waals surface area contributed by atoms with Gasteiger partial charge in [-0.05, 0) is 19.8 Å². The van der Waals surface area contributed by atoms with Crippen LogP contribution in [-0.4, -0.2) is 92.4 Å². The van der Waals surface area contributed by atoms with Crippen LogP contribution in [0.2, 0.25) is 0 Å². The molecular formula is C15H28N2O5. The summed E-state index contributed by atoms with van der Waals surface area (Å²) in [5, 5.41) is 10.0. The number of ether oxygens (including phenoxy) is 3. The van der Waals surface area contributed by atoms with E-state index in [9.17, 15) is 9.90 Å². The highest BCUT2D eigenvalue weighted by Gasteiger charge is 2.23. The number of rotatable bonds is 7. The summed E-state index contributed by atoms with van der Waals surface area (Å²) in [4.78, 5) is 15.5. The van der Waals surface area contributed by atoms with Gasteiger partial charge in [0, 0.05) is 39.3 Å². The van der Waals surface area contributed by atoms with E-state index in [-0.39, 0.29) is 12.2 Å². The van der Waals surface area contributed by atoms with Crippen molar-refractivity contribution in [1.82, 2.24) is 9.80 Å². The minimum absolute atomic E-state index is 0.195. The van der Waals surface area contributed by atoms with Gasteiger partial charge in [0.2, 0.25) is 0 Å². The van der Waals surface area contributed by atoms with E-state index in [0.29, 0.717) is 39.5 Å². The fourth-order valence-corrected chi connectivity index (χ4v) is 2.79. The van der Waals surface area contributed by atoms with Crippen LogP contribution < -0.4 is 0 Å². The standard InChI is InChI=1S/C15H28N2O5/c1-2-21-15(19)17-7-5-16(6-8-17)10-13(18)11-20-12-14-4-3-9-22-14/h13-14,18H,2-12H2,1H3/t13-,14+/m1/s1. The van der Waals surface area contributed by atoms with Crippen LogP contribution in [-0.2, 0) is 14.2 Å². The number of hydrogen-bond donors (Lipinski definition) is 1. The summed E-state index contributed by atoms with van der Waals surface area (Å²) in [5.41, 5.74) is 0. The van der Waals surface area contributed by atoms with Crippen LogP contribution in [0.15, 0.2) is 0 Å². The van der Waals surface area contributed by atoms with Crippen LogP contribution in [0.3, 0.4) is 0 Å². The molecule has 0 spiro atoms. The van der Waals surface area contributed by atoms with Crippen LogP contribution in [0.25, 0.3) is 0 Å². The van der Waals surface area contributed by atoms with Crippen molar-refractivity contribution in [3.05, 3.63) is 0 Å². The Balaban J connectivity index is 1.55. The van der Waals surface area contributed by atoms with Crippen molar-refractivity contribution in [3.63, 3.8) is 0 Å². The summed E-state index contributed by atoms with van der Waals surface area (Å²) in [6.45, 7) is 7.28. The fourth-order valence-electron chi connectivity index (χ4n) is 2.79. The summed E-state index contributed by atoms with van der Waals surface area (Å²) >= 11 is 0. The molecule has 2 saturated heterocycles. The molecule has 2 heterocycles. The maximum absolute atomic E-state index is 11.6. The lowest BCUT2D eigenvalue weighted by atomic mass is 10.2. The zero-order valence-electron chi connectivity index (χ0n) is 13.4. The van der Waals surface area contributed by atoms with Gasteiger partial charge in [0.1, 0.15) is 0 Å². The van der Waals surface area contributed by atoms with E-state index in [4.69, 9.17) is 14.2 Å². The number of nitrogens with zero attached hydrogens (tertiary/aromatic N) is 2. The van der Waals surface area contributed by atoms with E-state index in [1.54, 1.807) is 11.8 Å². The molecule has 2 atom stereocenters. The van der Waals surface area contributed by atoms with Crippen LogP contribution >= 0.6 is 0 Å². The van der Waals surface area contributed by atoms with Crippen molar-refractivity contribution >= 4 is 6.09 Å². The summed E-state index contributed by atoms with van der Waals surface area (Å²) in [6, 6.07) is 0. The minimum atomic E-state index is -0.504. The number of aliphatic hydroxyl groups is 1. The molecule has 7 nitrogen and oxygen atoms in total. The second-order valence-electron chi connectivity index (χ2n) is 5.81. The van der Waals surface area contributed by atoms with Gasteiger partial charge in [-0.3, -0.25) is 4.90 Å². The van der Waals surface area contributed by atoms with Gasteiger partial charge in [0.05, 0.1) is 32.0 Å². The summed E-state index contributed by atoms with van der Waals surface area (Å²) in [5.74, 6) is 0. The number of piperazine rings is 1. The lowest BCUT2D eigenvalue weighted by Crippen LogP contribution is -2.51. The number of carbonyl (C=O) groups is 1. The van der Waals surface area contributed by atoms with Gasteiger partial charge in [0.25, 0.3) is 0 Å². The van der Waals surface area contributed by atoms with Gasteiger partial charge in [0.15, 0.2) is 0 Å². The molecule has 2 aliphatic heterocycles. The van der Waals surface area contributed by atoms with Crippen LogP contribution in [0.5, 0.6) is 0 Å². The van der Waals surface area contributed by atoms with E-state index >= 15 is 0 Å². The predicted molar refractivity (Wildman–Crippen MR) is 80.8 cm³/mol. The van der Waals surface area contributed by atoms with Crippen LogP contribution in [0.4, 0.5) is 4.79 Å². The summed E-state index contributed by atoms with van der Waals surface area (Å²) < 4.78 is 16.0. The van der Waals surface area contributed by atoms with E-state index < -0.39 is 6.10 Å². The Kier molecular flexibility index (Phi) is 7.38. The lowest BCUT2D eigenvalue weighted by Gasteiger charge is -2.34. The Morgan fingerprint density at radius 2 is 2.14 bits per heavy atom. The first-order valence-electron chi connectivity index (χ1n) is 8.20. The molecule has 0 aromatic carbocycles. The highest BCUT2D eigenvalue weighted by Crippen LogP contribution is 2.12. The van der Waals surface area contributed by atoms with Crippen LogP contribution in [0, 0.1) is 0 Å². The van der Waals surface area contributed by atoms with E-state index in [1.165, 1.54) is 0 Å². The Morgan fingerprint density at radius 1 is 1.36 bits per heavy atom. The average Bonchev–Trinajstić information content (AvgIpc) is 3.01. The van der Waals surface area contributed by atoms with Gasteiger partial charge in [-0.2, -0.15) is 0 Å². The van der Waals surface area contributed by atoms with E-state index in [2.05, 4.69) is 4.90 Å². The molecule has 0 aromatic rings. The lowest BCUT2D eigenvalue weighted by molar-refractivity contribution is -0.0283. The monoisotopic (exact) mass is 316 g/mol. The number of carbonyl (C=O) groups excluding carboxylic acids is 1. The molecule has 7 heteroatoms. The number of amides is 1. The second-order valence-corrected chi connectivity index (χ2v) is 5.81. The Labute approximate surface area is 132 Å². The molecule has 0 saturated carbocycles. The maximum atomic E-state index is 11.6. The molecule has 0 bridgehead atoms. The molecule has 0 aliphatic carbocycles. The molecular weight excluding hydrogens is 288 g/mol. The molecule has 1 N–H and O–H groups in total. The predicted octanol–water partition coefficient (Wildman–Crippen LogP) is 0.317. The number of hydrogen-bond acceptors (Lipinski definition) is 6. The third-order valence-electron chi connectivity index (χ3n) is 4.01. The van der Waals surface area contributed by atoms with Crippen LogP contribution in [0.1, 0.15) is 19.8 Å². The van der Waals surface area contributed by atoms with Crippen molar-refractivity contribution in [2.45, 2.75) is 32.0 Å². The molecule has 2 aliphatic rings. The first-order chi connectivity index (χ1) is 10.7. The van der Waals surface area contributed by atoms with Gasteiger partial charge in [-0.25, -0.2) is 4.79 Å². The van der Waals surface area contributed by atoms with Crippen molar-refractivity contribution in [1.29, 1.82) is 0 Å². The van der Waals surface area contributed by atoms with Gasteiger partial charge < -0.3 is 24.2 Å². The molecule has 2 fully saturated rings. The highest BCUT2D eigenvalue weighted by molar-refractivity contribution is 5.67. The molecule has 0 unspecified atom stereocenters. The first kappa shape index (κ1) is 17.5. The Hall–Kier alpha value is -0.890. The number of aliphatic hydroxyl groups excluding tert-OH is 1. The van der Waals surface area contributed by atoms with Gasteiger partial charge in [-0.1, -0.05) is 0 Å². The normalized spacial score (nSPS) is 24.5. The van der Waals surface area contributed by atoms with Gasteiger partial charge >= 0.3 is 6.09 Å². The molecule has 2 rings (SSSR count). The third-order valence-corrected chi connectivity index (χ3v) is 4.01. The maximum Gasteiger partial charge on any atom is 0.409 e. The van der Waals surface area contributed by atoms with Crippen molar-refractivity contribution in [2.24, 2.45) is 0 Å². The Bertz CT molecular complexity index is 328.